The van der Waals surface area contributed by atoms with Crippen molar-refractivity contribution >= 4 is 38.8 Å². The fraction of sp³-hybridized carbons (Fsp3) is 0.150. The topological polar surface area (TPSA) is 56.0 Å². The molecule has 0 bridgehead atoms. The Morgan fingerprint density at radius 2 is 1.85 bits per heavy atom. The zero-order chi connectivity index (χ0) is 18.5. The number of amides is 1. The highest BCUT2D eigenvalue weighted by Gasteiger charge is 2.30. The van der Waals surface area contributed by atoms with Crippen LogP contribution in [0.15, 0.2) is 59.2 Å². The van der Waals surface area contributed by atoms with Gasteiger partial charge in [0, 0.05) is 17.6 Å². The normalized spacial score (nSPS) is 13.3. The molecule has 0 aliphatic carbocycles. The van der Waals surface area contributed by atoms with Crippen molar-refractivity contribution in [2.24, 2.45) is 0 Å². The zero-order valence-corrected chi connectivity index (χ0v) is 16.2. The van der Waals surface area contributed by atoms with Crippen molar-refractivity contribution in [3.05, 3.63) is 70.5 Å². The molecule has 3 heterocycles. The Morgan fingerprint density at radius 1 is 1.07 bits per heavy atom. The van der Waals surface area contributed by atoms with Crippen molar-refractivity contribution in [3.63, 3.8) is 0 Å². The highest BCUT2D eigenvalue weighted by atomic mass is 79.9. The summed E-state index contributed by atoms with van der Waals surface area (Å²) < 4.78 is 4.89. The Balaban J connectivity index is 1.52. The van der Waals surface area contributed by atoms with Gasteiger partial charge in [0.15, 0.2) is 0 Å². The summed E-state index contributed by atoms with van der Waals surface area (Å²) in [5.41, 5.74) is 4.30. The predicted octanol–water partition coefficient (Wildman–Crippen LogP) is 3.95. The maximum absolute atomic E-state index is 13.2. The first-order chi connectivity index (χ1) is 13.1. The molecule has 1 amide bonds. The van der Waals surface area contributed by atoms with E-state index in [0.717, 1.165) is 33.4 Å². The highest BCUT2D eigenvalue weighted by molar-refractivity contribution is 9.10. The van der Waals surface area contributed by atoms with E-state index in [4.69, 9.17) is 0 Å². The number of nitrogens with zero attached hydrogens (tertiary/aromatic N) is 5. The Bertz CT molecular complexity index is 1180. The van der Waals surface area contributed by atoms with Gasteiger partial charge in [0.25, 0.3) is 5.91 Å². The summed E-state index contributed by atoms with van der Waals surface area (Å²) in [6, 6.07) is 15.8. The molecular weight excluding hydrogens is 406 g/mol. The van der Waals surface area contributed by atoms with Gasteiger partial charge in [-0.15, -0.1) is 0 Å². The lowest BCUT2D eigenvalue weighted by Crippen LogP contribution is -2.29. The summed E-state index contributed by atoms with van der Waals surface area (Å²) in [4.78, 5) is 19.6. The number of anilines is 1. The van der Waals surface area contributed by atoms with E-state index in [-0.39, 0.29) is 5.91 Å². The van der Waals surface area contributed by atoms with Crippen molar-refractivity contribution in [1.29, 1.82) is 0 Å². The standard InChI is InChI=1S/C20H16BrN5O/c1-13-16(12-22-26(13)15-8-6-14(21)7-9-15)19(27)25-11-10-24-18-5-3-2-4-17(18)23-20(24)25/h2-9,12H,10-11H2,1H3. The van der Waals surface area contributed by atoms with E-state index in [1.165, 1.54) is 0 Å². The van der Waals surface area contributed by atoms with Gasteiger partial charge >= 0.3 is 0 Å². The number of rotatable bonds is 2. The molecule has 2 aromatic heterocycles. The third-order valence-electron chi connectivity index (χ3n) is 4.98. The molecule has 0 saturated carbocycles. The molecule has 0 saturated heterocycles. The van der Waals surface area contributed by atoms with Gasteiger partial charge in [-0.25, -0.2) is 9.67 Å². The van der Waals surface area contributed by atoms with Crippen LogP contribution in [0.25, 0.3) is 16.7 Å². The summed E-state index contributed by atoms with van der Waals surface area (Å²) in [7, 11) is 0. The average molecular weight is 422 g/mol. The third kappa shape index (κ3) is 2.49. The zero-order valence-electron chi connectivity index (χ0n) is 14.6. The molecule has 1 aliphatic rings. The summed E-state index contributed by atoms with van der Waals surface area (Å²) in [5.74, 6) is 0.641. The minimum Gasteiger partial charge on any atom is -0.308 e. The molecule has 0 N–H and O–H groups in total. The van der Waals surface area contributed by atoms with E-state index in [0.29, 0.717) is 18.1 Å². The number of carbonyl (C=O) groups excluding carboxylic acids is 1. The van der Waals surface area contributed by atoms with Crippen LogP contribution >= 0.6 is 15.9 Å². The molecular formula is C20H16BrN5O. The van der Waals surface area contributed by atoms with Crippen molar-refractivity contribution in [2.75, 3.05) is 11.4 Å². The number of aromatic nitrogens is 4. The van der Waals surface area contributed by atoms with Gasteiger partial charge in [-0.1, -0.05) is 28.1 Å². The fourth-order valence-corrected chi connectivity index (χ4v) is 3.85. The largest absolute Gasteiger partial charge is 0.308 e. The van der Waals surface area contributed by atoms with Gasteiger partial charge in [0.1, 0.15) is 0 Å². The SMILES string of the molecule is Cc1c(C(=O)N2CCn3c2nc2ccccc23)cnn1-c1ccc(Br)cc1. The minimum absolute atomic E-state index is 0.0649. The smallest absolute Gasteiger partial charge is 0.264 e. The van der Waals surface area contributed by atoms with E-state index >= 15 is 0 Å². The lowest BCUT2D eigenvalue weighted by molar-refractivity contribution is 0.0988. The molecule has 134 valence electrons. The van der Waals surface area contributed by atoms with E-state index in [2.05, 4.69) is 30.6 Å². The maximum atomic E-state index is 13.2. The molecule has 5 rings (SSSR count). The Kier molecular flexibility index (Phi) is 3.65. The van der Waals surface area contributed by atoms with E-state index in [1.807, 2.05) is 55.5 Å². The van der Waals surface area contributed by atoms with Crippen LogP contribution in [-0.4, -0.2) is 31.8 Å². The van der Waals surface area contributed by atoms with E-state index in [9.17, 15) is 4.79 Å². The fourth-order valence-electron chi connectivity index (χ4n) is 3.59. The molecule has 27 heavy (non-hydrogen) atoms. The molecule has 0 spiro atoms. The average Bonchev–Trinajstić information content (AvgIpc) is 3.35. The summed E-state index contributed by atoms with van der Waals surface area (Å²) in [6.07, 6.45) is 1.64. The van der Waals surface area contributed by atoms with Gasteiger partial charge in [-0.05, 0) is 43.3 Å². The Morgan fingerprint density at radius 3 is 2.67 bits per heavy atom. The van der Waals surface area contributed by atoms with Gasteiger partial charge in [0.05, 0.1) is 34.2 Å². The van der Waals surface area contributed by atoms with Crippen LogP contribution in [0.1, 0.15) is 16.1 Å². The van der Waals surface area contributed by atoms with Crippen LogP contribution in [0.4, 0.5) is 5.95 Å². The molecule has 4 aromatic rings. The molecule has 0 unspecified atom stereocenters. The van der Waals surface area contributed by atoms with Gasteiger partial charge < -0.3 is 4.57 Å². The number of carbonyl (C=O) groups is 1. The second-order valence-electron chi connectivity index (χ2n) is 6.54. The van der Waals surface area contributed by atoms with E-state index < -0.39 is 0 Å². The number of halogens is 1. The number of fused-ring (bicyclic) bond motifs is 3. The molecule has 1 aliphatic heterocycles. The lowest BCUT2D eigenvalue weighted by Gasteiger charge is -2.13. The monoisotopic (exact) mass is 421 g/mol. The molecule has 7 heteroatoms. The molecule has 0 atom stereocenters. The number of hydrogen-bond acceptors (Lipinski definition) is 3. The Labute approximate surface area is 164 Å². The third-order valence-corrected chi connectivity index (χ3v) is 5.51. The van der Waals surface area contributed by atoms with Crippen molar-refractivity contribution in [1.82, 2.24) is 19.3 Å². The number of para-hydroxylation sites is 2. The molecule has 0 fully saturated rings. The Hall–Kier alpha value is -2.93. The van der Waals surface area contributed by atoms with Crippen LogP contribution < -0.4 is 4.90 Å². The van der Waals surface area contributed by atoms with E-state index in [1.54, 1.807) is 15.8 Å². The molecule has 6 nitrogen and oxygen atoms in total. The van der Waals surface area contributed by atoms with Crippen LogP contribution in [0.2, 0.25) is 0 Å². The van der Waals surface area contributed by atoms with Crippen LogP contribution in [0.5, 0.6) is 0 Å². The summed E-state index contributed by atoms with van der Waals surface area (Å²) in [6.45, 7) is 3.29. The minimum atomic E-state index is -0.0649. The maximum Gasteiger partial charge on any atom is 0.264 e. The van der Waals surface area contributed by atoms with Crippen LogP contribution in [0.3, 0.4) is 0 Å². The second-order valence-corrected chi connectivity index (χ2v) is 7.46. The number of imidazole rings is 1. The van der Waals surface area contributed by atoms with Gasteiger partial charge in [0.2, 0.25) is 5.95 Å². The summed E-state index contributed by atoms with van der Waals surface area (Å²) >= 11 is 3.44. The number of hydrogen-bond donors (Lipinski definition) is 0. The van der Waals surface area contributed by atoms with Gasteiger partial charge in [-0.2, -0.15) is 5.10 Å². The first-order valence-electron chi connectivity index (χ1n) is 8.71. The van der Waals surface area contributed by atoms with Gasteiger partial charge in [-0.3, -0.25) is 9.69 Å². The van der Waals surface area contributed by atoms with Crippen molar-refractivity contribution in [2.45, 2.75) is 13.5 Å². The quantitative estimate of drug-likeness (QED) is 0.492. The van der Waals surface area contributed by atoms with Crippen LogP contribution in [0, 0.1) is 6.92 Å². The number of benzene rings is 2. The van der Waals surface area contributed by atoms with Crippen LogP contribution in [-0.2, 0) is 6.54 Å². The lowest BCUT2D eigenvalue weighted by atomic mass is 10.2. The molecule has 2 aromatic carbocycles. The highest BCUT2D eigenvalue weighted by Crippen LogP contribution is 2.29. The second kappa shape index (κ2) is 6.06. The predicted molar refractivity (Wildman–Crippen MR) is 107 cm³/mol. The first-order valence-corrected chi connectivity index (χ1v) is 9.50. The molecule has 0 radical (unpaired) electrons. The van der Waals surface area contributed by atoms with Crippen molar-refractivity contribution in [3.8, 4) is 5.69 Å². The summed E-state index contributed by atoms with van der Waals surface area (Å²) in [5, 5.41) is 4.43. The van der Waals surface area contributed by atoms with Crippen molar-refractivity contribution < 1.29 is 4.79 Å². The first kappa shape index (κ1) is 16.3.